The number of fused-ring (bicyclic) bond motifs is 1. The van der Waals surface area contributed by atoms with Crippen LogP contribution >= 0.6 is 11.8 Å². The van der Waals surface area contributed by atoms with Crippen LogP contribution in [-0.2, 0) is 21.8 Å². The van der Waals surface area contributed by atoms with Crippen LogP contribution in [-0.4, -0.2) is 48.4 Å². The summed E-state index contributed by atoms with van der Waals surface area (Å²) in [6.07, 6.45) is 11.0. The molecule has 0 fully saturated rings. The van der Waals surface area contributed by atoms with E-state index in [2.05, 4.69) is 89.1 Å². The van der Waals surface area contributed by atoms with Crippen LogP contribution in [0.2, 0.25) is 0 Å². The Morgan fingerprint density at radius 2 is 1.68 bits per heavy atom. The molecule has 8 heteroatoms. The van der Waals surface area contributed by atoms with E-state index in [0.29, 0.717) is 19.6 Å². The van der Waals surface area contributed by atoms with Crippen molar-refractivity contribution in [1.82, 2.24) is 9.55 Å². The zero-order valence-corrected chi connectivity index (χ0v) is 28.9. The predicted octanol–water partition coefficient (Wildman–Crippen LogP) is 9.09. The van der Waals surface area contributed by atoms with Crippen LogP contribution in [0.3, 0.4) is 0 Å². The molecule has 248 valence electrons. The molecule has 47 heavy (non-hydrogen) atoms. The first-order valence-corrected chi connectivity index (χ1v) is 18.0. The first kappa shape index (κ1) is 34.3. The number of ether oxygens (including phenoxy) is 2. The number of unbranched alkanes of at least 4 members (excludes halogenated alkanes) is 1. The molecule has 0 saturated carbocycles. The average Bonchev–Trinajstić information content (AvgIpc) is 3.46. The van der Waals surface area contributed by atoms with Gasteiger partial charge in [0.25, 0.3) is 5.91 Å². The number of carbonyl (C=O) groups excluding carboxylic acids is 1. The number of aryl methyl sites for hydroxylation is 1. The molecule has 0 radical (unpaired) electrons. The summed E-state index contributed by atoms with van der Waals surface area (Å²) < 4.78 is 13.7. The van der Waals surface area contributed by atoms with Crippen molar-refractivity contribution >= 4 is 35.1 Å². The standard InChI is InChI=1S/C39H48N4O3S/c1-4-7-24-45-25-26-46-35-13-8-30(9-14-35)31-10-17-37-33(27-31)28-32(18-22-42(37)20-5-2)39(44)41-34-11-15-36(16-12-34)47-29-38-40-19-23-43(38)21-6-3/h8-17,19,23,27-28H,4-7,18,20-22,24-26,29H2,1-3H3,(H,41,44). The molecule has 0 bridgehead atoms. The fourth-order valence-corrected chi connectivity index (χ4v) is 6.55. The van der Waals surface area contributed by atoms with Crippen molar-refractivity contribution in [1.29, 1.82) is 0 Å². The van der Waals surface area contributed by atoms with E-state index in [-0.39, 0.29) is 5.91 Å². The molecule has 0 aliphatic carbocycles. The van der Waals surface area contributed by atoms with E-state index in [0.717, 1.165) is 102 Å². The van der Waals surface area contributed by atoms with Gasteiger partial charge in [0.05, 0.1) is 12.4 Å². The summed E-state index contributed by atoms with van der Waals surface area (Å²) in [6.45, 7) is 11.2. The number of imidazole rings is 1. The first-order chi connectivity index (χ1) is 23.1. The zero-order valence-electron chi connectivity index (χ0n) is 28.0. The zero-order chi connectivity index (χ0) is 32.8. The number of nitrogens with one attached hydrogen (secondary N) is 1. The van der Waals surface area contributed by atoms with Crippen molar-refractivity contribution in [3.8, 4) is 16.9 Å². The van der Waals surface area contributed by atoms with Gasteiger partial charge in [-0.25, -0.2) is 4.98 Å². The number of rotatable bonds is 17. The van der Waals surface area contributed by atoms with E-state index in [9.17, 15) is 4.79 Å². The van der Waals surface area contributed by atoms with Gasteiger partial charge in [-0.2, -0.15) is 0 Å². The molecule has 0 unspecified atom stereocenters. The van der Waals surface area contributed by atoms with Gasteiger partial charge in [0.2, 0.25) is 0 Å². The molecule has 1 aromatic heterocycles. The van der Waals surface area contributed by atoms with Crippen molar-refractivity contribution < 1.29 is 14.3 Å². The summed E-state index contributed by atoms with van der Waals surface area (Å²) in [5.41, 5.74) is 6.04. The van der Waals surface area contributed by atoms with Crippen LogP contribution in [0.15, 0.2) is 89.6 Å². The second-order valence-corrected chi connectivity index (χ2v) is 12.9. The van der Waals surface area contributed by atoms with E-state index in [1.54, 1.807) is 11.8 Å². The maximum Gasteiger partial charge on any atom is 0.251 e. The van der Waals surface area contributed by atoms with Gasteiger partial charge in [-0.1, -0.05) is 45.4 Å². The number of nitrogens with zero attached hydrogens (tertiary/aromatic N) is 3. The van der Waals surface area contributed by atoms with Crippen molar-refractivity contribution in [2.45, 2.75) is 70.1 Å². The third-order valence-corrected chi connectivity index (χ3v) is 9.21. The minimum absolute atomic E-state index is 0.0538. The molecule has 5 rings (SSSR count). The SMILES string of the molecule is CCCCOCCOc1ccc(-c2ccc3c(c2)C=C(C(=O)Nc2ccc(SCc4nccn4CCC)cc2)CCN3CCC)cc1. The van der Waals surface area contributed by atoms with Crippen LogP contribution in [0.1, 0.15) is 64.3 Å². The van der Waals surface area contributed by atoms with Gasteiger partial charge >= 0.3 is 0 Å². The molecule has 0 atom stereocenters. The van der Waals surface area contributed by atoms with Gasteiger partial charge in [0.1, 0.15) is 18.2 Å². The van der Waals surface area contributed by atoms with Gasteiger partial charge in [0, 0.05) is 60.5 Å². The van der Waals surface area contributed by atoms with E-state index in [4.69, 9.17) is 9.47 Å². The second-order valence-electron chi connectivity index (χ2n) is 11.8. The minimum atomic E-state index is -0.0538. The number of anilines is 2. The Bertz CT molecular complexity index is 1600. The molecule has 0 saturated heterocycles. The Kier molecular flexibility index (Phi) is 13.0. The Morgan fingerprint density at radius 3 is 2.45 bits per heavy atom. The third-order valence-electron chi connectivity index (χ3n) is 8.21. The number of thioether (sulfide) groups is 1. The highest BCUT2D eigenvalue weighted by Crippen LogP contribution is 2.33. The largest absolute Gasteiger partial charge is 0.491 e. The lowest BCUT2D eigenvalue weighted by atomic mass is 10.00. The van der Waals surface area contributed by atoms with Crippen molar-refractivity contribution in [2.75, 3.05) is 43.1 Å². The first-order valence-electron chi connectivity index (χ1n) is 17.0. The minimum Gasteiger partial charge on any atom is -0.491 e. The fourth-order valence-electron chi connectivity index (χ4n) is 5.68. The summed E-state index contributed by atoms with van der Waals surface area (Å²) in [4.78, 5) is 21.6. The Balaban J connectivity index is 1.24. The van der Waals surface area contributed by atoms with Crippen LogP contribution in [0, 0.1) is 0 Å². The summed E-state index contributed by atoms with van der Waals surface area (Å²) in [5, 5.41) is 3.15. The normalized spacial score (nSPS) is 12.7. The molecule has 1 amide bonds. The van der Waals surface area contributed by atoms with E-state index in [1.807, 2.05) is 36.7 Å². The molecule has 3 aromatic carbocycles. The van der Waals surface area contributed by atoms with E-state index < -0.39 is 0 Å². The molecule has 1 aliphatic heterocycles. The number of carbonyl (C=O) groups is 1. The van der Waals surface area contributed by atoms with Gasteiger partial charge in [-0.3, -0.25) is 4.79 Å². The Morgan fingerprint density at radius 1 is 0.894 bits per heavy atom. The van der Waals surface area contributed by atoms with Gasteiger partial charge in [-0.05, 0) is 97.0 Å². The lowest BCUT2D eigenvalue weighted by Crippen LogP contribution is -2.26. The van der Waals surface area contributed by atoms with E-state index in [1.165, 1.54) is 5.69 Å². The Labute approximate surface area is 284 Å². The molecular formula is C39H48N4O3S. The third kappa shape index (κ3) is 9.75. The number of amides is 1. The maximum atomic E-state index is 13.6. The lowest BCUT2D eigenvalue weighted by Gasteiger charge is -2.25. The highest BCUT2D eigenvalue weighted by atomic mass is 32.2. The van der Waals surface area contributed by atoms with E-state index >= 15 is 0 Å². The molecule has 4 aromatic rings. The number of hydrogen-bond acceptors (Lipinski definition) is 6. The molecular weight excluding hydrogens is 605 g/mol. The smallest absolute Gasteiger partial charge is 0.251 e. The second kappa shape index (κ2) is 17.8. The average molecular weight is 653 g/mol. The molecule has 7 nitrogen and oxygen atoms in total. The maximum absolute atomic E-state index is 13.6. The highest BCUT2D eigenvalue weighted by molar-refractivity contribution is 7.98. The van der Waals surface area contributed by atoms with Crippen LogP contribution in [0.5, 0.6) is 5.75 Å². The monoisotopic (exact) mass is 652 g/mol. The number of benzene rings is 3. The van der Waals surface area contributed by atoms with Gasteiger partial charge < -0.3 is 24.3 Å². The van der Waals surface area contributed by atoms with Crippen molar-refractivity contribution in [3.63, 3.8) is 0 Å². The van der Waals surface area contributed by atoms with Gasteiger partial charge in [0.15, 0.2) is 0 Å². The fraction of sp³-hybridized carbons (Fsp3) is 0.385. The molecule has 1 N–H and O–H groups in total. The highest BCUT2D eigenvalue weighted by Gasteiger charge is 2.20. The quantitative estimate of drug-likeness (QED) is 0.0907. The molecule has 0 spiro atoms. The van der Waals surface area contributed by atoms with Crippen LogP contribution < -0.4 is 15.0 Å². The molecule has 1 aliphatic rings. The van der Waals surface area contributed by atoms with Crippen molar-refractivity contribution in [3.05, 3.63) is 96.1 Å². The summed E-state index contributed by atoms with van der Waals surface area (Å²) >= 11 is 1.76. The van der Waals surface area contributed by atoms with Crippen molar-refractivity contribution in [2.24, 2.45) is 0 Å². The Hall–Kier alpha value is -4.01. The van der Waals surface area contributed by atoms with Crippen LogP contribution in [0.25, 0.3) is 17.2 Å². The number of aromatic nitrogens is 2. The summed E-state index contributed by atoms with van der Waals surface area (Å²) in [7, 11) is 0. The summed E-state index contributed by atoms with van der Waals surface area (Å²) in [5.74, 6) is 2.68. The van der Waals surface area contributed by atoms with Crippen LogP contribution in [0.4, 0.5) is 11.4 Å². The predicted molar refractivity (Wildman–Crippen MR) is 195 cm³/mol. The number of hydrogen-bond donors (Lipinski definition) is 1. The molecule has 2 heterocycles. The topological polar surface area (TPSA) is 68.6 Å². The summed E-state index contributed by atoms with van der Waals surface area (Å²) in [6, 6.07) is 22.9. The lowest BCUT2D eigenvalue weighted by molar-refractivity contribution is -0.112. The van der Waals surface area contributed by atoms with Gasteiger partial charge in [-0.15, -0.1) is 11.8 Å².